The minimum atomic E-state index is -0.489. The van der Waals surface area contributed by atoms with Crippen molar-refractivity contribution in [3.63, 3.8) is 0 Å². The van der Waals surface area contributed by atoms with E-state index in [4.69, 9.17) is 16.7 Å². The topological polar surface area (TPSA) is 49.3 Å². The summed E-state index contributed by atoms with van der Waals surface area (Å²) in [6, 6.07) is 4.27. The van der Waals surface area contributed by atoms with Crippen LogP contribution in [0.5, 0.6) is 0 Å². The summed E-state index contributed by atoms with van der Waals surface area (Å²) < 4.78 is 13.9. The average molecular weight is 330 g/mol. The van der Waals surface area contributed by atoms with Crippen molar-refractivity contribution in [1.82, 2.24) is 5.32 Å². The second-order valence-electron chi connectivity index (χ2n) is 5.23. The van der Waals surface area contributed by atoms with E-state index in [1.807, 2.05) is 13.8 Å². The molecular formula is C15H17ClFNO2S. The molecule has 0 aliphatic carbocycles. The molecule has 2 aromatic rings. The Morgan fingerprint density at radius 3 is 2.86 bits per heavy atom. The predicted octanol–water partition coefficient (Wildman–Crippen LogP) is 3.97. The van der Waals surface area contributed by atoms with E-state index in [1.165, 1.54) is 23.5 Å². The van der Waals surface area contributed by atoms with E-state index >= 15 is 0 Å². The summed E-state index contributed by atoms with van der Waals surface area (Å²) in [6.07, 6.45) is 1.16. The van der Waals surface area contributed by atoms with Gasteiger partial charge in [0.2, 0.25) is 0 Å². The van der Waals surface area contributed by atoms with Crippen molar-refractivity contribution in [3.05, 3.63) is 33.9 Å². The van der Waals surface area contributed by atoms with Crippen molar-refractivity contribution in [2.24, 2.45) is 0 Å². The van der Waals surface area contributed by atoms with Crippen LogP contribution in [-0.2, 0) is 0 Å². The summed E-state index contributed by atoms with van der Waals surface area (Å²) in [5, 5.41) is 13.0. The van der Waals surface area contributed by atoms with Gasteiger partial charge in [-0.25, -0.2) is 4.39 Å². The summed E-state index contributed by atoms with van der Waals surface area (Å²) in [4.78, 5) is 12.8. The van der Waals surface area contributed by atoms with Crippen LogP contribution in [-0.4, -0.2) is 23.2 Å². The lowest BCUT2D eigenvalue weighted by Gasteiger charge is -2.28. The van der Waals surface area contributed by atoms with Gasteiger partial charge in [0, 0.05) is 22.2 Å². The molecular weight excluding hydrogens is 313 g/mol. The number of hydrogen-bond donors (Lipinski definition) is 2. The number of aliphatic hydroxyl groups is 1. The second-order valence-corrected chi connectivity index (χ2v) is 6.66. The summed E-state index contributed by atoms with van der Waals surface area (Å²) in [5.74, 6) is -0.648. The Hall–Kier alpha value is -1.17. The van der Waals surface area contributed by atoms with Gasteiger partial charge in [0.25, 0.3) is 5.91 Å². The van der Waals surface area contributed by atoms with Crippen LogP contribution in [0.3, 0.4) is 0 Å². The van der Waals surface area contributed by atoms with Crippen molar-refractivity contribution in [2.75, 3.05) is 6.61 Å². The largest absolute Gasteiger partial charge is 0.396 e. The van der Waals surface area contributed by atoms with E-state index in [-0.39, 0.29) is 18.3 Å². The number of benzene rings is 1. The minimum absolute atomic E-state index is 0.00399. The first-order chi connectivity index (χ1) is 9.90. The molecule has 0 aliphatic rings. The molecule has 114 valence electrons. The summed E-state index contributed by atoms with van der Waals surface area (Å²) >= 11 is 7.40. The smallest absolute Gasteiger partial charge is 0.263 e. The van der Waals surface area contributed by atoms with Crippen LogP contribution >= 0.6 is 22.9 Å². The van der Waals surface area contributed by atoms with Gasteiger partial charge in [0.1, 0.15) is 10.7 Å². The number of hydrogen-bond acceptors (Lipinski definition) is 3. The Labute approximate surface area is 131 Å². The Kier molecular flexibility index (Phi) is 4.86. The molecule has 0 spiro atoms. The van der Waals surface area contributed by atoms with Gasteiger partial charge in [-0.05, 0) is 38.0 Å². The Morgan fingerprint density at radius 2 is 2.24 bits per heavy atom. The maximum absolute atomic E-state index is 13.2. The van der Waals surface area contributed by atoms with E-state index < -0.39 is 5.54 Å². The number of nitrogens with one attached hydrogen (secondary N) is 1. The average Bonchev–Trinajstić information content (AvgIpc) is 2.75. The highest BCUT2D eigenvalue weighted by Gasteiger charge is 2.26. The van der Waals surface area contributed by atoms with Gasteiger partial charge in [0.15, 0.2) is 0 Å². The number of thiophene rings is 1. The van der Waals surface area contributed by atoms with E-state index in [2.05, 4.69) is 5.32 Å². The molecule has 0 fully saturated rings. The number of rotatable bonds is 5. The molecule has 0 saturated carbocycles. The van der Waals surface area contributed by atoms with Crippen LogP contribution in [0.15, 0.2) is 18.2 Å². The second kappa shape index (κ2) is 6.30. The first-order valence-corrected chi connectivity index (χ1v) is 7.90. The number of halogens is 2. The molecule has 2 N–H and O–H groups in total. The molecule has 0 radical (unpaired) electrons. The highest BCUT2D eigenvalue weighted by atomic mass is 35.5. The number of carbonyl (C=O) groups excluding carboxylic acids is 1. The van der Waals surface area contributed by atoms with Gasteiger partial charge in [-0.2, -0.15) is 0 Å². The minimum Gasteiger partial charge on any atom is -0.396 e. The fraction of sp³-hybridized carbons (Fsp3) is 0.400. The highest BCUT2D eigenvalue weighted by Crippen LogP contribution is 2.36. The molecule has 0 saturated heterocycles. The Balaban J connectivity index is 2.33. The van der Waals surface area contributed by atoms with Crippen LogP contribution in [0.1, 0.15) is 36.4 Å². The molecule has 2 rings (SSSR count). The number of carbonyl (C=O) groups is 1. The third-order valence-electron chi connectivity index (χ3n) is 3.66. The molecule has 1 amide bonds. The lowest BCUT2D eigenvalue weighted by Crippen LogP contribution is -2.46. The van der Waals surface area contributed by atoms with Crippen molar-refractivity contribution in [1.29, 1.82) is 0 Å². The van der Waals surface area contributed by atoms with Crippen molar-refractivity contribution in [3.8, 4) is 0 Å². The molecule has 1 heterocycles. The SMILES string of the molecule is CCC(C)(CCO)NC(=O)c1sc2cc(F)ccc2c1Cl. The number of fused-ring (bicyclic) bond motifs is 1. The van der Waals surface area contributed by atoms with E-state index in [0.717, 1.165) is 0 Å². The molecule has 1 aromatic heterocycles. The quantitative estimate of drug-likeness (QED) is 0.871. The maximum atomic E-state index is 13.2. The molecule has 6 heteroatoms. The summed E-state index contributed by atoms with van der Waals surface area (Å²) in [7, 11) is 0. The van der Waals surface area contributed by atoms with Crippen molar-refractivity contribution in [2.45, 2.75) is 32.2 Å². The van der Waals surface area contributed by atoms with Crippen molar-refractivity contribution >= 4 is 38.9 Å². The van der Waals surface area contributed by atoms with Crippen LogP contribution in [0.4, 0.5) is 4.39 Å². The summed E-state index contributed by atoms with van der Waals surface area (Å²) in [5.41, 5.74) is -0.489. The van der Waals surface area contributed by atoms with Crippen LogP contribution in [0.2, 0.25) is 5.02 Å². The fourth-order valence-electron chi connectivity index (χ4n) is 2.09. The first-order valence-electron chi connectivity index (χ1n) is 6.71. The lowest BCUT2D eigenvalue weighted by atomic mass is 9.95. The number of aliphatic hydroxyl groups excluding tert-OH is 1. The molecule has 1 unspecified atom stereocenters. The number of amides is 1. The monoisotopic (exact) mass is 329 g/mol. The zero-order valence-electron chi connectivity index (χ0n) is 11.9. The molecule has 1 aromatic carbocycles. The fourth-order valence-corrected chi connectivity index (χ4v) is 3.53. The van der Waals surface area contributed by atoms with E-state index in [0.29, 0.717) is 32.8 Å². The van der Waals surface area contributed by atoms with Crippen LogP contribution < -0.4 is 5.32 Å². The van der Waals surface area contributed by atoms with Gasteiger partial charge in [-0.1, -0.05) is 18.5 Å². The van der Waals surface area contributed by atoms with Gasteiger partial charge < -0.3 is 10.4 Å². The Morgan fingerprint density at radius 1 is 1.52 bits per heavy atom. The van der Waals surface area contributed by atoms with E-state index in [1.54, 1.807) is 6.07 Å². The third-order valence-corrected chi connectivity index (χ3v) is 5.31. The zero-order valence-corrected chi connectivity index (χ0v) is 13.4. The van der Waals surface area contributed by atoms with Gasteiger partial charge in [-0.15, -0.1) is 11.3 Å². The van der Waals surface area contributed by atoms with Gasteiger partial charge >= 0.3 is 0 Å². The van der Waals surface area contributed by atoms with Crippen LogP contribution in [0.25, 0.3) is 10.1 Å². The molecule has 21 heavy (non-hydrogen) atoms. The van der Waals surface area contributed by atoms with Gasteiger partial charge in [0.05, 0.1) is 5.02 Å². The standard InChI is InChI=1S/C15H17ClFNO2S/c1-3-15(2,6-7-19)18-14(20)13-12(16)10-5-4-9(17)8-11(10)21-13/h4-5,8,19H,3,6-7H2,1-2H3,(H,18,20). The van der Waals surface area contributed by atoms with Crippen molar-refractivity contribution < 1.29 is 14.3 Å². The third kappa shape index (κ3) is 3.36. The molecule has 0 aliphatic heterocycles. The maximum Gasteiger partial charge on any atom is 0.263 e. The Bertz CT molecular complexity index is 673. The predicted molar refractivity (Wildman–Crippen MR) is 84.7 cm³/mol. The lowest BCUT2D eigenvalue weighted by molar-refractivity contribution is 0.0890. The van der Waals surface area contributed by atoms with Crippen LogP contribution in [0, 0.1) is 5.82 Å². The van der Waals surface area contributed by atoms with E-state index in [9.17, 15) is 9.18 Å². The first kappa shape index (κ1) is 16.2. The zero-order chi connectivity index (χ0) is 15.6. The van der Waals surface area contributed by atoms with Gasteiger partial charge in [-0.3, -0.25) is 4.79 Å². The normalized spacial score (nSPS) is 14.1. The molecule has 0 bridgehead atoms. The summed E-state index contributed by atoms with van der Waals surface area (Å²) in [6.45, 7) is 3.82. The molecule has 1 atom stereocenters. The highest BCUT2D eigenvalue weighted by molar-refractivity contribution is 7.21. The molecule has 3 nitrogen and oxygen atoms in total.